The van der Waals surface area contributed by atoms with E-state index in [1.54, 1.807) is 18.2 Å². The van der Waals surface area contributed by atoms with Crippen molar-refractivity contribution in [3.8, 4) is 23.3 Å². The minimum atomic E-state index is -0.483. The molecule has 8 heteroatoms. The molecule has 246 valence electrons. The Kier molecular flexibility index (Phi) is 10.5. The van der Waals surface area contributed by atoms with Gasteiger partial charge in [-0.1, -0.05) is 48.9 Å². The number of benzene rings is 2. The van der Waals surface area contributed by atoms with Crippen LogP contribution in [0.3, 0.4) is 0 Å². The first-order valence-electron chi connectivity index (χ1n) is 15.5. The number of methoxy groups -OCH3 is 2. The molecule has 5 rings (SSSR count). The van der Waals surface area contributed by atoms with Crippen LogP contribution in [-0.2, 0) is 14.9 Å². The van der Waals surface area contributed by atoms with Crippen molar-refractivity contribution in [2.75, 3.05) is 14.2 Å². The molecule has 8 nitrogen and oxygen atoms in total. The van der Waals surface area contributed by atoms with Crippen LogP contribution in [0.15, 0.2) is 55.1 Å². The van der Waals surface area contributed by atoms with Gasteiger partial charge in [0.1, 0.15) is 22.6 Å². The SMILES string of the molecule is C=C(C)c1ccc(C(=O)OC)c(Oc2c(C)cc(C)cc2C)n1.COC(=O)c1ccc(C2(C)CC2)nc1Oc1c(C)cc(C)cc1C. The van der Waals surface area contributed by atoms with Gasteiger partial charge in [-0.3, -0.25) is 0 Å². The Hall–Kier alpha value is -4.98. The maximum Gasteiger partial charge on any atom is 0.343 e. The highest BCUT2D eigenvalue weighted by Gasteiger charge is 2.41. The molecule has 0 bridgehead atoms. The second-order valence-electron chi connectivity index (χ2n) is 12.6. The lowest BCUT2D eigenvalue weighted by molar-refractivity contribution is 0.0587. The number of esters is 2. The summed E-state index contributed by atoms with van der Waals surface area (Å²) in [5.74, 6) is 1.08. The average Bonchev–Trinajstić information content (AvgIpc) is 3.78. The smallest absolute Gasteiger partial charge is 0.343 e. The zero-order chi connectivity index (χ0) is 34.6. The predicted molar refractivity (Wildman–Crippen MR) is 184 cm³/mol. The van der Waals surface area contributed by atoms with E-state index in [1.165, 1.54) is 19.8 Å². The molecular weight excluding hydrogens is 592 g/mol. The maximum atomic E-state index is 12.1. The number of carbonyl (C=O) groups is 2. The van der Waals surface area contributed by atoms with Crippen LogP contribution in [0.25, 0.3) is 5.57 Å². The Balaban J connectivity index is 0.000000213. The number of hydrogen-bond acceptors (Lipinski definition) is 8. The van der Waals surface area contributed by atoms with E-state index in [2.05, 4.69) is 42.5 Å². The molecule has 47 heavy (non-hydrogen) atoms. The standard InChI is InChI=1S/C20H23NO3.C19H21NO3/c1-12-10-13(2)17(14(3)11-12)24-18-15(19(22)23-5)6-7-16(21-18)20(4)8-9-20;1-11(2)16-8-7-15(19(21)22-6)18(20-16)23-17-13(4)9-12(3)10-14(17)5/h6-7,10-11H,8-9H2,1-5H3;7-10H,1H2,2-6H3. The van der Waals surface area contributed by atoms with Gasteiger partial charge in [-0.25, -0.2) is 19.6 Å². The van der Waals surface area contributed by atoms with E-state index in [4.69, 9.17) is 18.9 Å². The van der Waals surface area contributed by atoms with Gasteiger partial charge in [-0.2, -0.15) is 0 Å². The maximum absolute atomic E-state index is 12.1. The highest BCUT2D eigenvalue weighted by atomic mass is 16.5. The van der Waals surface area contributed by atoms with Crippen LogP contribution in [0, 0.1) is 41.5 Å². The van der Waals surface area contributed by atoms with E-state index in [0.717, 1.165) is 57.7 Å². The fourth-order valence-electron chi connectivity index (χ4n) is 5.43. The van der Waals surface area contributed by atoms with Gasteiger partial charge in [0.25, 0.3) is 0 Å². The second-order valence-corrected chi connectivity index (χ2v) is 12.6. The molecule has 1 aliphatic carbocycles. The van der Waals surface area contributed by atoms with Crippen molar-refractivity contribution in [3.05, 3.63) is 111 Å². The molecule has 0 amide bonds. The van der Waals surface area contributed by atoms with E-state index in [-0.39, 0.29) is 16.9 Å². The van der Waals surface area contributed by atoms with E-state index in [1.807, 2.05) is 59.7 Å². The predicted octanol–water partition coefficient (Wildman–Crippen LogP) is 9.26. The van der Waals surface area contributed by atoms with Gasteiger partial charge in [-0.05, 0) is 113 Å². The molecule has 0 atom stereocenters. The van der Waals surface area contributed by atoms with Crippen LogP contribution >= 0.6 is 0 Å². The van der Waals surface area contributed by atoms with Crippen molar-refractivity contribution in [2.45, 2.75) is 73.6 Å². The van der Waals surface area contributed by atoms with Crippen LogP contribution in [0.1, 0.15) is 92.2 Å². The summed E-state index contributed by atoms with van der Waals surface area (Å²) in [7, 11) is 2.70. The summed E-state index contributed by atoms with van der Waals surface area (Å²) in [6.45, 7) is 19.9. The van der Waals surface area contributed by atoms with Crippen LogP contribution in [0.4, 0.5) is 0 Å². The summed E-state index contributed by atoms with van der Waals surface area (Å²) in [5.41, 5.74) is 9.53. The number of allylic oxidation sites excluding steroid dienone is 1. The van der Waals surface area contributed by atoms with Crippen molar-refractivity contribution < 1.29 is 28.5 Å². The normalized spacial score (nSPS) is 12.7. The number of aromatic nitrogens is 2. The molecule has 0 spiro atoms. The molecule has 2 heterocycles. The molecule has 1 aliphatic rings. The first-order chi connectivity index (χ1) is 22.2. The lowest BCUT2D eigenvalue weighted by Gasteiger charge is -2.16. The van der Waals surface area contributed by atoms with Crippen molar-refractivity contribution in [3.63, 3.8) is 0 Å². The van der Waals surface area contributed by atoms with Gasteiger partial charge in [-0.15, -0.1) is 0 Å². The van der Waals surface area contributed by atoms with Crippen molar-refractivity contribution in [1.29, 1.82) is 0 Å². The van der Waals surface area contributed by atoms with Gasteiger partial charge in [0.05, 0.1) is 25.6 Å². The molecule has 0 radical (unpaired) electrons. The molecule has 0 unspecified atom stereocenters. The Morgan fingerprint density at radius 3 is 1.47 bits per heavy atom. The third-order valence-electron chi connectivity index (χ3n) is 8.19. The summed E-state index contributed by atoms with van der Waals surface area (Å²) < 4.78 is 21.8. The monoisotopic (exact) mass is 636 g/mol. The Morgan fingerprint density at radius 1 is 0.681 bits per heavy atom. The molecule has 0 aliphatic heterocycles. The number of ether oxygens (including phenoxy) is 4. The molecule has 0 N–H and O–H groups in total. The van der Waals surface area contributed by atoms with Crippen molar-refractivity contribution >= 4 is 17.5 Å². The summed E-state index contributed by atoms with van der Waals surface area (Å²) in [4.78, 5) is 33.1. The Morgan fingerprint density at radius 2 is 1.09 bits per heavy atom. The zero-order valence-electron chi connectivity index (χ0n) is 29.1. The molecule has 2 aromatic carbocycles. The van der Waals surface area contributed by atoms with Gasteiger partial charge in [0.15, 0.2) is 0 Å². The topological polar surface area (TPSA) is 96.8 Å². The van der Waals surface area contributed by atoms with E-state index in [9.17, 15) is 9.59 Å². The Bertz CT molecular complexity index is 1810. The van der Waals surface area contributed by atoms with Crippen LogP contribution in [0.2, 0.25) is 0 Å². The average molecular weight is 637 g/mol. The minimum absolute atomic E-state index is 0.101. The summed E-state index contributed by atoms with van der Waals surface area (Å²) >= 11 is 0. The van der Waals surface area contributed by atoms with E-state index >= 15 is 0 Å². The Labute approximate surface area is 277 Å². The number of pyridine rings is 2. The van der Waals surface area contributed by atoms with Gasteiger partial charge < -0.3 is 18.9 Å². The highest BCUT2D eigenvalue weighted by Crippen LogP contribution is 2.47. The molecule has 4 aromatic rings. The largest absolute Gasteiger partial charge is 0.465 e. The third kappa shape index (κ3) is 8.06. The number of carbonyl (C=O) groups excluding carboxylic acids is 2. The number of nitrogens with zero attached hydrogens (tertiary/aromatic N) is 2. The van der Waals surface area contributed by atoms with Crippen molar-refractivity contribution in [2.24, 2.45) is 0 Å². The molecule has 1 fully saturated rings. The van der Waals surface area contributed by atoms with E-state index in [0.29, 0.717) is 22.9 Å². The number of rotatable bonds is 8. The first-order valence-corrected chi connectivity index (χ1v) is 15.5. The van der Waals surface area contributed by atoms with Gasteiger partial charge in [0, 0.05) is 5.41 Å². The fraction of sp³-hybridized carbons (Fsp3) is 0.333. The fourth-order valence-corrected chi connectivity index (χ4v) is 5.43. The third-order valence-corrected chi connectivity index (χ3v) is 8.19. The number of hydrogen-bond donors (Lipinski definition) is 0. The molecule has 0 saturated heterocycles. The summed E-state index contributed by atoms with van der Waals surface area (Å²) in [6.07, 6.45) is 2.22. The summed E-state index contributed by atoms with van der Waals surface area (Å²) in [5, 5.41) is 0. The minimum Gasteiger partial charge on any atom is -0.465 e. The number of aryl methyl sites for hydroxylation is 6. The zero-order valence-corrected chi connectivity index (χ0v) is 29.1. The molecule has 2 aromatic heterocycles. The summed E-state index contributed by atoms with van der Waals surface area (Å²) in [6, 6.07) is 15.2. The molecular formula is C39H44N2O6. The van der Waals surface area contributed by atoms with Crippen molar-refractivity contribution in [1.82, 2.24) is 9.97 Å². The quantitative estimate of drug-likeness (QED) is 0.177. The lowest BCUT2D eigenvalue weighted by atomic mass is 10.0. The first kappa shape index (κ1) is 34.9. The highest BCUT2D eigenvalue weighted by molar-refractivity contribution is 5.92. The van der Waals surface area contributed by atoms with Gasteiger partial charge in [0.2, 0.25) is 11.8 Å². The molecule has 1 saturated carbocycles. The second kappa shape index (κ2) is 14.2. The van der Waals surface area contributed by atoms with Crippen LogP contribution in [0.5, 0.6) is 23.3 Å². The van der Waals surface area contributed by atoms with Crippen LogP contribution in [-0.4, -0.2) is 36.1 Å². The van der Waals surface area contributed by atoms with E-state index < -0.39 is 11.9 Å². The lowest BCUT2D eigenvalue weighted by Crippen LogP contribution is -2.10. The van der Waals surface area contributed by atoms with Crippen LogP contribution < -0.4 is 9.47 Å². The van der Waals surface area contributed by atoms with Gasteiger partial charge >= 0.3 is 11.9 Å².